The number of halogens is 2. The minimum Gasteiger partial charge on any atom is -0.508 e. The Hall–Kier alpha value is -6.96. The lowest BCUT2D eigenvalue weighted by Crippen LogP contribution is -2.53. The summed E-state index contributed by atoms with van der Waals surface area (Å²) >= 11 is 12.9. The number of methoxy groups -OCH3 is 5. The second-order valence-corrected chi connectivity index (χ2v) is 17.4. The van der Waals surface area contributed by atoms with E-state index in [1.165, 1.54) is 44.4 Å². The molecule has 15 heteroatoms. The van der Waals surface area contributed by atoms with E-state index in [2.05, 4.69) is 5.43 Å². The van der Waals surface area contributed by atoms with E-state index in [9.17, 15) is 9.90 Å². The molecule has 6 unspecified atom stereocenters. The van der Waals surface area contributed by atoms with Crippen molar-refractivity contribution in [2.75, 3.05) is 45.9 Å². The number of nitrogens with zero attached hydrogens (tertiary/aromatic N) is 2. The highest BCUT2D eigenvalue weighted by Gasteiger charge is 2.71. The van der Waals surface area contributed by atoms with E-state index >= 15 is 14.4 Å². The second-order valence-electron chi connectivity index (χ2n) is 16.5. The Morgan fingerprint density at radius 2 is 1.36 bits per heavy atom. The number of anilines is 2. The van der Waals surface area contributed by atoms with Crippen LogP contribution in [0.2, 0.25) is 10.0 Å². The number of carbonyl (C=O) groups is 4. The lowest BCUT2D eigenvalue weighted by Gasteiger charge is -2.51. The zero-order chi connectivity index (χ0) is 46.6. The monoisotopic (exact) mass is 929 g/mol. The normalized spacial score (nSPS) is 23.3. The molecule has 5 aromatic rings. The van der Waals surface area contributed by atoms with Crippen LogP contribution in [-0.4, -0.2) is 69.3 Å². The Morgan fingerprint density at radius 3 is 2.00 bits per heavy atom. The molecular weight excluding hydrogens is 885 g/mol. The Morgan fingerprint density at radius 1 is 0.697 bits per heavy atom. The van der Waals surface area contributed by atoms with Gasteiger partial charge < -0.3 is 28.8 Å². The smallest absolute Gasteiger partial charge is 0.260 e. The zero-order valence-corrected chi connectivity index (χ0v) is 38.1. The Balaban J connectivity index is 1.16. The van der Waals surface area contributed by atoms with E-state index in [0.29, 0.717) is 44.7 Å². The van der Waals surface area contributed by atoms with E-state index in [4.69, 9.17) is 46.9 Å². The Bertz CT molecular complexity index is 2820. The van der Waals surface area contributed by atoms with Gasteiger partial charge in [0.2, 0.25) is 11.8 Å². The van der Waals surface area contributed by atoms with Crippen LogP contribution in [0.5, 0.6) is 34.5 Å². The highest BCUT2D eigenvalue weighted by molar-refractivity contribution is 6.36. The maximum Gasteiger partial charge on any atom is 0.260 e. The molecule has 338 valence electrons. The van der Waals surface area contributed by atoms with Crippen LogP contribution in [0.15, 0.2) is 109 Å². The van der Waals surface area contributed by atoms with Crippen LogP contribution in [0, 0.1) is 23.7 Å². The number of fused-ring (bicyclic) bond motifs is 4. The van der Waals surface area contributed by atoms with Crippen molar-refractivity contribution < 1.29 is 48.0 Å². The van der Waals surface area contributed by atoms with Crippen molar-refractivity contribution in [2.45, 2.75) is 24.2 Å². The second kappa shape index (κ2) is 17.4. The van der Waals surface area contributed by atoms with E-state index in [1.54, 1.807) is 62.8 Å². The van der Waals surface area contributed by atoms with Crippen molar-refractivity contribution in [3.8, 4) is 34.5 Å². The minimum absolute atomic E-state index is 0.0275. The summed E-state index contributed by atoms with van der Waals surface area (Å²) in [5.41, 5.74) is 5.10. The fourth-order valence-corrected chi connectivity index (χ4v) is 11.0. The van der Waals surface area contributed by atoms with E-state index in [1.807, 2.05) is 48.6 Å². The number of hydrogen-bond donors (Lipinski definition) is 2. The van der Waals surface area contributed by atoms with Gasteiger partial charge in [-0.1, -0.05) is 71.3 Å². The van der Waals surface area contributed by atoms with Gasteiger partial charge in [0.25, 0.3) is 11.8 Å². The molecule has 0 aromatic heterocycles. The summed E-state index contributed by atoms with van der Waals surface area (Å²) in [5, 5.41) is 12.4. The predicted molar refractivity (Wildman–Crippen MR) is 249 cm³/mol. The van der Waals surface area contributed by atoms with Crippen molar-refractivity contribution in [3.63, 3.8) is 0 Å². The third-order valence-corrected chi connectivity index (χ3v) is 14.0. The first kappa shape index (κ1) is 44.3. The first-order valence-corrected chi connectivity index (χ1v) is 21.9. The van der Waals surface area contributed by atoms with Crippen LogP contribution in [0.4, 0.5) is 11.4 Å². The number of ether oxygens (including phenoxy) is 5. The highest BCUT2D eigenvalue weighted by Crippen LogP contribution is 2.66. The van der Waals surface area contributed by atoms with Crippen LogP contribution >= 0.6 is 23.2 Å². The summed E-state index contributed by atoms with van der Waals surface area (Å²) in [5.74, 6) is -4.36. The van der Waals surface area contributed by atoms with Gasteiger partial charge in [-0.05, 0) is 90.6 Å². The van der Waals surface area contributed by atoms with Crippen molar-refractivity contribution in [1.29, 1.82) is 0 Å². The van der Waals surface area contributed by atoms with Gasteiger partial charge in [0, 0.05) is 34.2 Å². The van der Waals surface area contributed by atoms with E-state index in [0.717, 1.165) is 16.1 Å². The Kier molecular flexibility index (Phi) is 11.7. The van der Waals surface area contributed by atoms with Crippen molar-refractivity contribution in [1.82, 2.24) is 5.01 Å². The maximum absolute atomic E-state index is 15.8. The van der Waals surface area contributed by atoms with Gasteiger partial charge in [0.05, 0.1) is 75.1 Å². The lowest BCUT2D eigenvalue weighted by atomic mass is 9.49. The maximum atomic E-state index is 15.8. The molecule has 3 fully saturated rings. The third kappa shape index (κ3) is 7.08. The number of allylic oxidation sites excluding steroid dienone is 2. The van der Waals surface area contributed by atoms with Crippen molar-refractivity contribution >= 4 is 70.4 Å². The van der Waals surface area contributed by atoms with Crippen LogP contribution in [0.3, 0.4) is 0 Å². The van der Waals surface area contributed by atoms with Crippen LogP contribution in [0.25, 0.3) is 12.2 Å². The predicted octanol–water partition coefficient (Wildman–Crippen LogP) is 9.10. The summed E-state index contributed by atoms with van der Waals surface area (Å²) in [6.45, 7) is 0. The van der Waals surface area contributed by atoms with Crippen molar-refractivity contribution in [3.05, 3.63) is 141 Å². The molecule has 0 spiro atoms. The number of rotatable bonds is 12. The van der Waals surface area contributed by atoms with E-state index < -0.39 is 52.7 Å². The molecule has 2 N–H and O–H groups in total. The van der Waals surface area contributed by atoms with Gasteiger partial charge in [0.1, 0.15) is 34.5 Å². The molecule has 4 aliphatic rings. The summed E-state index contributed by atoms with van der Waals surface area (Å²) in [6.07, 6.45) is 5.92. The van der Waals surface area contributed by atoms with Crippen LogP contribution < -0.4 is 34.0 Å². The van der Waals surface area contributed by atoms with E-state index in [-0.39, 0.29) is 46.7 Å². The largest absolute Gasteiger partial charge is 0.508 e. The van der Waals surface area contributed by atoms with Gasteiger partial charge in [-0.3, -0.25) is 29.5 Å². The standard InChI is InChI=1S/C51H45Cl2N3O10/c1-62-33-15-10-29(11-16-33)51-38(48(59)56(50(51)61)54-40-20-12-30(52)23-39(40)53)26-37-35(46(51)45-42(65-4)24-32(57)25-43(45)66-5)18-19-36-44(37)49(60)55(47(36)58)31-13-7-27(8-14-31)6-9-28-22-34(63-2)17-21-41(28)64-3/h6-18,20-25,36-38,44,46,54,57H,19,26H2,1-5H3. The summed E-state index contributed by atoms with van der Waals surface area (Å²) in [4.78, 5) is 61.8. The molecule has 9 rings (SSSR count). The number of aromatic hydroxyl groups is 1. The number of imide groups is 2. The Labute approximate surface area is 391 Å². The molecule has 1 saturated carbocycles. The number of phenols is 1. The quantitative estimate of drug-likeness (QED) is 0.0700. The van der Waals surface area contributed by atoms with Gasteiger partial charge in [-0.2, -0.15) is 5.01 Å². The highest BCUT2D eigenvalue weighted by atomic mass is 35.5. The third-order valence-electron chi connectivity index (χ3n) is 13.4. The molecule has 5 aromatic carbocycles. The summed E-state index contributed by atoms with van der Waals surface area (Å²) < 4.78 is 28.4. The van der Waals surface area contributed by atoms with Gasteiger partial charge >= 0.3 is 0 Å². The van der Waals surface area contributed by atoms with Crippen LogP contribution in [0.1, 0.15) is 41.0 Å². The molecule has 13 nitrogen and oxygen atoms in total. The van der Waals surface area contributed by atoms with Gasteiger partial charge in [-0.25, -0.2) is 0 Å². The van der Waals surface area contributed by atoms with Crippen molar-refractivity contribution in [2.24, 2.45) is 23.7 Å². The number of carbonyl (C=O) groups excluding carboxylic acids is 4. The number of benzene rings is 5. The fraction of sp³-hybridized carbons (Fsp3) is 0.255. The first-order chi connectivity index (χ1) is 31.9. The minimum atomic E-state index is -1.70. The SMILES string of the molecule is COc1ccc(C23C(=O)N(Nc4ccc(Cl)cc4Cl)C(=O)C2CC2C(=CCC4C(=O)N(c5ccc(C=Cc6cc(OC)ccc6OC)cc5)C(=O)C42)C3c2c(OC)cc(O)cc2OC)cc1. The molecule has 0 bridgehead atoms. The molecule has 2 heterocycles. The molecule has 2 aliphatic heterocycles. The van der Waals surface area contributed by atoms with Crippen LogP contribution in [-0.2, 0) is 24.6 Å². The number of nitrogens with one attached hydrogen (secondary N) is 1. The molecule has 6 atom stereocenters. The lowest BCUT2D eigenvalue weighted by molar-refractivity contribution is -0.138. The topological polar surface area (TPSA) is 153 Å². The molecule has 2 saturated heterocycles. The average Bonchev–Trinajstić information content (AvgIpc) is 3.71. The average molecular weight is 931 g/mol. The number of hydrogen-bond acceptors (Lipinski definition) is 11. The molecule has 4 amide bonds. The summed E-state index contributed by atoms with van der Waals surface area (Å²) in [7, 11) is 7.59. The number of phenolic OH excluding ortho intramolecular Hbond substituents is 1. The first-order valence-electron chi connectivity index (χ1n) is 21.2. The van der Waals surface area contributed by atoms with Gasteiger partial charge in [-0.15, -0.1) is 0 Å². The zero-order valence-electron chi connectivity index (χ0n) is 36.5. The fourth-order valence-electron chi connectivity index (χ4n) is 10.5. The molecule has 2 aliphatic carbocycles. The van der Waals surface area contributed by atoms with Gasteiger partial charge in [0.15, 0.2) is 0 Å². The number of amides is 4. The number of hydrazine groups is 1. The molecular formula is C51H45Cl2N3O10. The summed E-state index contributed by atoms with van der Waals surface area (Å²) in [6, 6.07) is 27.1. The molecule has 0 radical (unpaired) electrons. The molecule has 66 heavy (non-hydrogen) atoms.